The average Bonchev–Trinajstić information content (AvgIpc) is 3.11. The Bertz CT molecular complexity index is 785. The second-order valence-electron chi connectivity index (χ2n) is 6.62. The second-order valence-corrected chi connectivity index (χ2v) is 6.62. The minimum absolute atomic E-state index is 0.00419. The summed E-state index contributed by atoms with van der Waals surface area (Å²) in [5, 5.41) is 9.33. The zero-order valence-electron chi connectivity index (χ0n) is 17.0. The van der Waals surface area contributed by atoms with E-state index in [0.29, 0.717) is 31.4 Å². The molecule has 0 aliphatic heterocycles. The van der Waals surface area contributed by atoms with Gasteiger partial charge in [-0.2, -0.15) is 0 Å². The number of aliphatic imine (C=N–C) groups is 1. The Morgan fingerprint density at radius 1 is 1.11 bits per heavy atom. The lowest BCUT2D eigenvalue weighted by Crippen LogP contribution is -2.42. The predicted octanol–water partition coefficient (Wildman–Crippen LogP) is 2.65. The molecule has 7 heteroatoms. The fourth-order valence-corrected chi connectivity index (χ4v) is 2.59. The Hall–Kier alpha value is -2.96. The van der Waals surface area contributed by atoms with Gasteiger partial charge in [0.1, 0.15) is 11.9 Å². The lowest BCUT2D eigenvalue weighted by molar-refractivity contribution is 0.0925. The molecule has 0 saturated heterocycles. The van der Waals surface area contributed by atoms with Crippen molar-refractivity contribution in [1.29, 1.82) is 0 Å². The van der Waals surface area contributed by atoms with Crippen LogP contribution in [0.2, 0.25) is 0 Å². The van der Waals surface area contributed by atoms with E-state index in [4.69, 9.17) is 9.15 Å². The molecule has 1 heterocycles. The van der Waals surface area contributed by atoms with Gasteiger partial charge in [0.15, 0.2) is 11.7 Å². The molecule has 0 aliphatic rings. The van der Waals surface area contributed by atoms with Crippen molar-refractivity contribution in [3.05, 3.63) is 53.5 Å². The smallest absolute Gasteiger partial charge is 0.287 e. The fourth-order valence-electron chi connectivity index (χ4n) is 2.59. The summed E-state index contributed by atoms with van der Waals surface area (Å²) in [7, 11) is 1.73. The number of hydrogen-bond acceptors (Lipinski definition) is 4. The zero-order chi connectivity index (χ0) is 20.4. The van der Waals surface area contributed by atoms with E-state index in [2.05, 4.69) is 20.9 Å². The summed E-state index contributed by atoms with van der Waals surface area (Å²) < 4.78 is 11.1. The topological polar surface area (TPSA) is 87.9 Å². The van der Waals surface area contributed by atoms with Gasteiger partial charge >= 0.3 is 0 Å². The Labute approximate surface area is 166 Å². The van der Waals surface area contributed by atoms with E-state index in [-0.39, 0.29) is 12.0 Å². The second kappa shape index (κ2) is 11.0. The van der Waals surface area contributed by atoms with Crippen molar-refractivity contribution in [2.45, 2.75) is 33.3 Å². The van der Waals surface area contributed by atoms with E-state index in [9.17, 15) is 4.79 Å². The largest absolute Gasteiger partial charge is 0.489 e. The van der Waals surface area contributed by atoms with E-state index >= 15 is 0 Å². The highest BCUT2D eigenvalue weighted by atomic mass is 16.5. The first kappa shape index (κ1) is 21.3. The molecule has 7 nitrogen and oxygen atoms in total. The van der Waals surface area contributed by atoms with Gasteiger partial charge in [0, 0.05) is 25.7 Å². The van der Waals surface area contributed by atoms with E-state index in [0.717, 1.165) is 23.3 Å². The van der Waals surface area contributed by atoms with Gasteiger partial charge in [-0.3, -0.25) is 9.79 Å². The third kappa shape index (κ3) is 6.64. The number of hydrogen-bond donors (Lipinski definition) is 3. The molecule has 0 aliphatic carbocycles. The number of para-hydroxylation sites is 1. The van der Waals surface area contributed by atoms with Crippen LogP contribution in [-0.2, 0) is 0 Å². The number of aryl methyl sites for hydroxylation is 2. The Balaban J connectivity index is 1.63. The number of carbonyl (C=O) groups excluding carboxylic acids is 1. The maximum absolute atomic E-state index is 12.0. The van der Waals surface area contributed by atoms with Gasteiger partial charge in [-0.1, -0.05) is 18.2 Å². The molecule has 0 fully saturated rings. The molecule has 1 amide bonds. The van der Waals surface area contributed by atoms with Gasteiger partial charge in [0.05, 0.1) is 12.8 Å². The van der Waals surface area contributed by atoms with Gasteiger partial charge in [-0.25, -0.2) is 0 Å². The third-order valence-electron chi connectivity index (χ3n) is 4.20. The summed E-state index contributed by atoms with van der Waals surface area (Å²) in [6, 6.07) is 9.74. The van der Waals surface area contributed by atoms with Crippen molar-refractivity contribution in [3.8, 4) is 5.75 Å². The first-order valence-corrected chi connectivity index (χ1v) is 9.50. The molecule has 152 valence electrons. The van der Waals surface area contributed by atoms with Gasteiger partial charge < -0.3 is 25.1 Å². The predicted molar refractivity (Wildman–Crippen MR) is 111 cm³/mol. The number of nitrogens with one attached hydrogen (secondary N) is 3. The number of rotatable bonds is 9. The normalized spacial score (nSPS) is 12.4. The molecule has 0 saturated carbocycles. The number of amides is 1. The lowest BCUT2D eigenvalue weighted by atomic mass is 10.2. The molecule has 0 radical (unpaired) electrons. The molecule has 0 spiro atoms. The minimum Gasteiger partial charge on any atom is -0.489 e. The number of nitrogens with zero attached hydrogens (tertiary/aromatic N) is 1. The lowest BCUT2D eigenvalue weighted by Gasteiger charge is -2.18. The molecule has 3 N–H and O–H groups in total. The summed E-state index contributed by atoms with van der Waals surface area (Å²) >= 11 is 0. The standard InChI is InChI=1S/C21H30N4O3/c1-15-8-5-6-9-18(15)28-17(3)14-25-21(22-4)24-12-7-11-23-20(26)19-16(2)10-13-27-19/h5-6,8-10,13,17H,7,11-12,14H2,1-4H3,(H,23,26)(H2,22,24,25). The van der Waals surface area contributed by atoms with Crippen LogP contribution >= 0.6 is 0 Å². The summed E-state index contributed by atoms with van der Waals surface area (Å²) in [5.41, 5.74) is 1.95. The first-order valence-electron chi connectivity index (χ1n) is 9.50. The number of furan rings is 1. The highest BCUT2D eigenvalue weighted by Gasteiger charge is 2.11. The average molecular weight is 386 g/mol. The van der Waals surface area contributed by atoms with Crippen LogP contribution in [-0.4, -0.2) is 44.7 Å². The third-order valence-corrected chi connectivity index (χ3v) is 4.20. The van der Waals surface area contributed by atoms with Gasteiger partial charge in [-0.15, -0.1) is 0 Å². The molecule has 1 aromatic heterocycles. The fraction of sp³-hybridized carbons (Fsp3) is 0.429. The van der Waals surface area contributed by atoms with Crippen LogP contribution < -0.4 is 20.7 Å². The van der Waals surface area contributed by atoms with Gasteiger partial charge in [0.25, 0.3) is 5.91 Å². The van der Waals surface area contributed by atoms with Crippen LogP contribution in [0.15, 0.2) is 46.0 Å². The molecule has 0 bridgehead atoms. The Morgan fingerprint density at radius 3 is 2.54 bits per heavy atom. The zero-order valence-corrected chi connectivity index (χ0v) is 17.0. The van der Waals surface area contributed by atoms with Crippen LogP contribution in [0.25, 0.3) is 0 Å². The van der Waals surface area contributed by atoms with E-state index in [1.807, 2.05) is 45.0 Å². The quantitative estimate of drug-likeness (QED) is 0.350. The molecular weight excluding hydrogens is 356 g/mol. The number of ether oxygens (including phenoxy) is 1. The van der Waals surface area contributed by atoms with Crippen molar-refractivity contribution in [2.24, 2.45) is 4.99 Å². The van der Waals surface area contributed by atoms with Crippen molar-refractivity contribution in [2.75, 3.05) is 26.7 Å². The van der Waals surface area contributed by atoms with Crippen molar-refractivity contribution in [1.82, 2.24) is 16.0 Å². The molecule has 2 rings (SSSR count). The van der Waals surface area contributed by atoms with E-state index in [1.54, 1.807) is 13.1 Å². The summed E-state index contributed by atoms with van der Waals surface area (Å²) in [5.74, 6) is 1.77. The van der Waals surface area contributed by atoms with Crippen LogP contribution in [0.4, 0.5) is 0 Å². The van der Waals surface area contributed by atoms with Crippen LogP contribution in [0.5, 0.6) is 5.75 Å². The molecule has 1 aromatic carbocycles. The maximum atomic E-state index is 12.0. The molecule has 28 heavy (non-hydrogen) atoms. The van der Waals surface area contributed by atoms with E-state index < -0.39 is 0 Å². The van der Waals surface area contributed by atoms with Crippen molar-refractivity contribution >= 4 is 11.9 Å². The van der Waals surface area contributed by atoms with Gasteiger partial charge in [-0.05, 0) is 44.9 Å². The first-order chi connectivity index (χ1) is 13.5. The number of benzene rings is 1. The molecular formula is C21H30N4O3. The molecule has 2 aromatic rings. The highest BCUT2D eigenvalue weighted by Crippen LogP contribution is 2.17. The summed E-state index contributed by atoms with van der Waals surface area (Å²) in [6.45, 7) is 7.75. The maximum Gasteiger partial charge on any atom is 0.287 e. The monoisotopic (exact) mass is 386 g/mol. The summed E-state index contributed by atoms with van der Waals surface area (Å²) in [4.78, 5) is 16.2. The SMILES string of the molecule is CN=C(NCCCNC(=O)c1occc1C)NCC(C)Oc1ccccc1C. The van der Waals surface area contributed by atoms with Crippen LogP contribution in [0, 0.1) is 13.8 Å². The number of guanidine groups is 1. The van der Waals surface area contributed by atoms with Crippen molar-refractivity contribution in [3.63, 3.8) is 0 Å². The Morgan fingerprint density at radius 2 is 1.86 bits per heavy atom. The van der Waals surface area contributed by atoms with Crippen LogP contribution in [0.3, 0.4) is 0 Å². The van der Waals surface area contributed by atoms with Crippen molar-refractivity contribution < 1.29 is 13.9 Å². The summed E-state index contributed by atoms with van der Waals surface area (Å²) in [6.07, 6.45) is 2.28. The minimum atomic E-state index is -0.188. The molecule has 1 atom stereocenters. The van der Waals surface area contributed by atoms with Crippen LogP contribution in [0.1, 0.15) is 35.0 Å². The highest BCUT2D eigenvalue weighted by molar-refractivity contribution is 5.92. The van der Waals surface area contributed by atoms with Gasteiger partial charge in [0.2, 0.25) is 0 Å². The molecule has 1 unspecified atom stereocenters. The number of carbonyl (C=O) groups is 1. The van der Waals surface area contributed by atoms with E-state index in [1.165, 1.54) is 6.26 Å². The Kier molecular flexibility index (Phi) is 8.39.